The van der Waals surface area contributed by atoms with Crippen LogP contribution in [0.5, 0.6) is 5.75 Å². The van der Waals surface area contributed by atoms with Gasteiger partial charge in [-0.3, -0.25) is 19.3 Å². The molecule has 15 nitrogen and oxygen atoms in total. The number of urea groups is 1. The number of amides is 4. The molecule has 1 spiro atoms. The second kappa shape index (κ2) is 22.0. The van der Waals surface area contributed by atoms with Gasteiger partial charge in [-0.15, -0.1) is 0 Å². The molecule has 0 saturated carbocycles. The molecule has 4 heterocycles. The van der Waals surface area contributed by atoms with Crippen LogP contribution in [0.25, 0.3) is 0 Å². The number of rotatable bonds is 12. The monoisotopic (exact) mass is 1010 g/mol. The summed E-state index contributed by atoms with van der Waals surface area (Å²) >= 11 is 0. The number of hydrogen-bond donors (Lipinski definition) is 3. The number of aliphatic hydroxyl groups excluding tert-OH is 1. The Morgan fingerprint density at radius 3 is 2.23 bits per heavy atom. The highest BCUT2D eigenvalue weighted by atomic mass is 16.6. The van der Waals surface area contributed by atoms with Crippen LogP contribution < -0.4 is 25.2 Å². The van der Waals surface area contributed by atoms with Crippen LogP contribution >= 0.6 is 0 Å². The zero-order valence-electron chi connectivity index (χ0n) is 42.3. The molecular formula is C60H61N5O10. The van der Waals surface area contributed by atoms with Crippen molar-refractivity contribution in [3.05, 3.63) is 167 Å². The predicted octanol–water partition coefficient (Wildman–Crippen LogP) is 7.96. The Morgan fingerprint density at radius 2 is 1.55 bits per heavy atom. The minimum atomic E-state index is -2.12. The lowest BCUT2D eigenvalue weighted by Gasteiger charge is -2.46. The molecule has 15 heteroatoms. The van der Waals surface area contributed by atoms with Gasteiger partial charge in [-0.2, -0.15) is 0 Å². The number of fused-ring (bicyclic) bond motifs is 3. The first-order chi connectivity index (χ1) is 36.5. The number of ether oxygens (including phenoxy) is 4. The van der Waals surface area contributed by atoms with Crippen LogP contribution in [-0.2, 0) is 38.8 Å². The predicted molar refractivity (Wildman–Crippen MR) is 282 cm³/mol. The molecule has 3 N–H and O–H groups in total. The molecule has 0 radical (unpaired) electrons. The maximum Gasteiger partial charge on any atom is 0.329 e. The number of anilines is 3. The summed E-state index contributed by atoms with van der Waals surface area (Å²) in [6.45, 7) is 5.74. The second-order valence-electron chi connectivity index (χ2n) is 19.8. The van der Waals surface area contributed by atoms with Crippen molar-refractivity contribution in [2.45, 2.75) is 75.2 Å². The Balaban J connectivity index is 1.25. The highest BCUT2D eigenvalue weighted by Crippen LogP contribution is 2.66. The highest BCUT2D eigenvalue weighted by Gasteiger charge is 2.75. The fourth-order valence-corrected chi connectivity index (χ4v) is 11.6. The van der Waals surface area contributed by atoms with Crippen LogP contribution in [0.15, 0.2) is 139 Å². The van der Waals surface area contributed by atoms with Crippen molar-refractivity contribution in [3.63, 3.8) is 0 Å². The number of carbonyl (C=O) groups is 5. The maximum atomic E-state index is 16.9. The van der Waals surface area contributed by atoms with E-state index in [1.54, 1.807) is 62.4 Å². The normalized spacial score (nSPS) is 23.5. The molecule has 3 fully saturated rings. The third-order valence-corrected chi connectivity index (χ3v) is 15.0. The maximum absolute atomic E-state index is 16.9. The molecule has 0 aromatic heterocycles. The van der Waals surface area contributed by atoms with E-state index < -0.39 is 77.3 Å². The van der Waals surface area contributed by atoms with Gasteiger partial charge in [0.05, 0.1) is 50.6 Å². The van der Waals surface area contributed by atoms with Crippen LogP contribution in [0.4, 0.5) is 21.9 Å². The van der Waals surface area contributed by atoms with Crippen molar-refractivity contribution in [2.24, 2.45) is 11.8 Å². The van der Waals surface area contributed by atoms with Gasteiger partial charge in [0, 0.05) is 30.0 Å². The number of hydrogen-bond acceptors (Lipinski definition) is 12. The zero-order chi connectivity index (χ0) is 52.2. The summed E-state index contributed by atoms with van der Waals surface area (Å²) in [5.74, 6) is 2.03. The molecule has 10 rings (SSSR count). The quantitative estimate of drug-likeness (QED) is 0.0814. The van der Waals surface area contributed by atoms with Gasteiger partial charge in [0.25, 0.3) is 0 Å². The summed E-state index contributed by atoms with van der Waals surface area (Å²) in [5.41, 5.74) is 3.01. The lowest BCUT2D eigenvalue weighted by Crippen LogP contribution is -2.57. The molecule has 5 aromatic carbocycles. The van der Waals surface area contributed by atoms with Gasteiger partial charge in [0.2, 0.25) is 11.8 Å². The van der Waals surface area contributed by atoms with E-state index in [0.717, 1.165) is 47.4 Å². The molecule has 75 heavy (non-hydrogen) atoms. The number of allylic oxidation sites excluding steroid dienone is 2. The highest BCUT2D eigenvalue weighted by molar-refractivity contribution is 6.25. The van der Waals surface area contributed by atoms with E-state index in [2.05, 4.69) is 33.5 Å². The number of methoxy groups -OCH3 is 1. The number of morpholine rings is 2. The van der Waals surface area contributed by atoms with E-state index in [1.165, 1.54) is 7.11 Å². The van der Waals surface area contributed by atoms with Crippen LogP contribution in [0, 0.1) is 23.7 Å². The Bertz CT molecular complexity index is 3040. The van der Waals surface area contributed by atoms with Crippen molar-refractivity contribution in [3.8, 4) is 17.6 Å². The standard InChI is InChI=1S/C60H61N5O10/c1-38(2)50(56(68)72-3)62-59(71)64-48-29-24-40(23-22-39-14-7-4-8-15-39)36-47(48)60(58(64)70)49(55(67)61-44-25-27-45(28-26-44)63-30-33-73-34-31-63)52-57(69)75-53(42-18-11-6-12-19-42)51(41-16-9-5-10-17-41)65(52)54(60)43-20-13-21-46(37-43)74-35-32-66/h5-6,9-14,16-21,24-29,36-38,49-54,66H,4,7-8,15,30-35H2,1-3H3,(H,61,67)(H,62,71)/t49-,50+,51-,52-,53+,54+,60-/m1/s1. The number of aliphatic hydroxyl groups is 1. The van der Waals surface area contributed by atoms with Crippen molar-refractivity contribution >= 4 is 46.8 Å². The number of cyclic esters (lactones) is 1. The lowest BCUT2D eigenvalue weighted by atomic mass is 9.65. The number of imide groups is 1. The molecule has 0 unspecified atom stereocenters. The van der Waals surface area contributed by atoms with Gasteiger partial charge in [0.15, 0.2) is 0 Å². The van der Waals surface area contributed by atoms with Crippen molar-refractivity contribution < 1.29 is 48.0 Å². The topological polar surface area (TPSA) is 176 Å². The van der Waals surface area contributed by atoms with Crippen molar-refractivity contribution in [1.29, 1.82) is 0 Å². The minimum Gasteiger partial charge on any atom is -0.491 e. The van der Waals surface area contributed by atoms with Crippen LogP contribution in [0.3, 0.4) is 0 Å². The first-order valence-corrected chi connectivity index (χ1v) is 25.8. The number of nitrogens with zero attached hydrogens (tertiary/aromatic N) is 3. The van der Waals surface area contributed by atoms with Crippen LogP contribution in [0.2, 0.25) is 0 Å². The largest absolute Gasteiger partial charge is 0.491 e. The number of carbonyl (C=O) groups excluding carboxylic acids is 5. The average Bonchev–Trinajstić information content (AvgIpc) is 3.91. The van der Waals surface area contributed by atoms with E-state index in [4.69, 9.17) is 18.9 Å². The zero-order valence-corrected chi connectivity index (χ0v) is 42.3. The van der Waals surface area contributed by atoms with E-state index in [0.29, 0.717) is 54.4 Å². The minimum absolute atomic E-state index is 0.0403. The molecule has 1 aliphatic carbocycles. The van der Waals surface area contributed by atoms with Crippen molar-refractivity contribution in [1.82, 2.24) is 10.2 Å². The Labute approximate surface area is 436 Å². The van der Waals surface area contributed by atoms with Crippen molar-refractivity contribution in [2.75, 3.05) is 61.7 Å². The lowest BCUT2D eigenvalue weighted by molar-refractivity contribution is -0.177. The molecule has 386 valence electrons. The molecule has 5 aliphatic rings. The fourth-order valence-electron chi connectivity index (χ4n) is 11.6. The van der Waals surface area contributed by atoms with E-state index >= 15 is 19.2 Å². The summed E-state index contributed by atoms with van der Waals surface area (Å²) in [4.78, 5) is 82.4. The van der Waals surface area contributed by atoms with Gasteiger partial charge < -0.3 is 39.6 Å². The first kappa shape index (κ1) is 50.7. The van der Waals surface area contributed by atoms with Crippen LogP contribution in [0.1, 0.15) is 85.5 Å². The summed E-state index contributed by atoms with van der Waals surface area (Å²) < 4.78 is 23.4. The van der Waals surface area contributed by atoms with Gasteiger partial charge in [0.1, 0.15) is 36.0 Å². The smallest absolute Gasteiger partial charge is 0.329 e. The van der Waals surface area contributed by atoms with E-state index in [9.17, 15) is 9.90 Å². The Morgan fingerprint density at radius 1 is 0.827 bits per heavy atom. The Kier molecular flexibility index (Phi) is 14.9. The molecule has 4 aliphatic heterocycles. The number of nitrogens with one attached hydrogen (secondary N) is 2. The Hall–Kier alpha value is -7.77. The first-order valence-electron chi connectivity index (χ1n) is 25.8. The van der Waals surface area contributed by atoms with Crippen LogP contribution in [-0.4, -0.2) is 98.5 Å². The second-order valence-corrected chi connectivity index (χ2v) is 19.8. The summed E-state index contributed by atoms with van der Waals surface area (Å²) in [6.07, 6.45) is 4.99. The number of benzene rings is 5. The van der Waals surface area contributed by atoms with Gasteiger partial charge >= 0.3 is 18.0 Å². The molecular weight excluding hydrogens is 951 g/mol. The van der Waals surface area contributed by atoms with E-state index in [1.807, 2.05) is 83.8 Å². The summed E-state index contributed by atoms with van der Waals surface area (Å²) in [6, 6.07) is 32.9. The molecule has 3 saturated heterocycles. The third-order valence-electron chi connectivity index (χ3n) is 15.0. The van der Waals surface area contributed by atoms with Gasteiger partial charge in [-0.05, 0) is 114 Å². The van der Waals surface area contributed by atoms with Gasteiger partial charge in [-0.25, -0.2) is 14.5 Å². The van der Waals surface area contributed by atoms with E-state index in [-0.39, 0.29) is 24.5 Å². The summed E-state index contributed by atoms with van der Waals surface area (Å²) in [5, 5.41) is 15.9. The SMILES string of the molecule is COC(=O)[C@@H](NC(=O)N1C(=O)[C@@]2(c3cc(C#CC4=CCCCC4)ccc31)[C@H](c1cccc(OCCO)c1)N1[C@H](c3ccccc3)[C@H](c3ccccc3)OC(=O)[C@H]1[C@@H]2C(=O)Nc1ccc(N2CCOCC2)cc1)C(C)C. The summed E-state index contributed by atoms with van der Waals surface area (Å²) in [7, 11) is 1.23. The molecule has 5 aromatic rings. The molecule has 7 atom stereocenters. The molecule has 4 amide bonds. The fraction of sp³-hybridized carbons (Fsp3) is 0.350. The third kappa shape index (κ3) is 9.65. The van der Waals surface area contributed by atoms with Gasteiger partial charge in [-0.1, -0.05) is 105 Å². The average molecular weight is 1010 g/mol. The molecule has 0 bridgehead atoms. The number of esters is 2.